The van der Waals surface area contributed by atoms with Gasteiger partial charge in [-0.05, 0) is 55.3 Å². The Bertz CT molecular complexity index is 1520. The fourth-order valence-corrected chi connectivity index (χ4v) is 3.92. The maximum atomic E-state index is 13.4. The molecule has 0 aliphatic rings. The SMILES string of the molecule is COC(=O)[C@@H](C)Cn1c(=O)nc(Nc2ccc3oc(C)c(C)c3c2)n(Cc2ccc(Cl)cc2)c1=O. The molecule has 2 aromatic carbocycles. The molecule has 0 amide bonds. The summed E-state index contributed by atoms with van der Waals surface area (Å²) in [6.45, 7) is 5.41. The summed E-state index contributed by atoms with van der Waals surface area (Å²) in [5, 5.41) is 4.59. The highest BCUT2D eigenvalue weighted by Crippen LogP contribution is 2.28. The van der Waals surface area contributed by atoms with E-state index < -0.39 is 23.3 Å². The van der Waals surface area contributed by atoms with Crippen molar-refractivity contribution in [2.45, 2.75) is 33.9 Å². The van der Waals surface area contributed by atoms with E-state index in [0.717, 1.165) is 32.4 Å². The Morgan fingerprint density at radius 3 is 2.54 bits per heavy atom. The van der Waals surface area contributed by atoms with Gasteiger partial charge in [0, 0.05) is 22.6 Å². The minimum absolute atomic E-state index is 0.0779. The molecule has 0 spiro atoms. The number of hydrogen-bond acceptors (Lipinski definition) is 7. The minimum atomic E-state index is -0.767. The molecule has 10 heteroatoms. The van der Waals surface area contributed by atoms with Gasteiger partial charge in [0.25, 0.3) is 0 Å². The van der Waals surface area contributed by atoms with Gasteiger partial charge >= 0.3 is 17.3 Å². The van der Waals surface area contributed by atoms with Crippen LogP contribution in [0.2, 0.25) is 5.02 Å². The highest BCUT2D eigenvalue weighted by molar-refractivity contribution is 6.30. The Kier molecular flexibility index (Phi) is 6.79. The molecule has 2 heterocycles. The third-order valence-electron chi connectivity index (χ3n) is 5.89. The topological polar surface area (TPSA) is 108 Å². The first-order valence-corrected chi connectivity index (χ1v) is 11.4. The summed E-state index contributed by atoms with van der Waals surface area (Å²) < 4.78 is 12.8. The number of anilines is 2. The number of nitrogens with one attached hydrogen (secondary N) is 1. The van der Waals surface area contributed by atoms with Crippen LogP contribution in [0, 0.1) is 19.8 Å². The number of aromatic nitrogens is 3. The van der Waals surface area contributed by atoms with Gasteiger partial charge in [0.2, 0.25) is 5.95 Å². The zero-order chi connectivity index (χ0) is 25.3. The lowest BCUT2D eigenvalue weighted by atomic mass is 10.1. The van der Waals surface area contributed by atoms with Gasteiger partial charge in [-0.1, -0.05) is 30.7 Å². The zero-order valence-corrected chi connectivity index (χ0v) is 20.5. The summed E-state index contributed by atoms with van der Waals surface area (Å²) in [7, 11) is 1.26. The lowest BCUT2D eigenvalue weighted by molar-refractivity contribution is -0.145. The van der Waals surface area contributed by atoms with Crippen molar-refractivity contribution in [3.8, 4) is 0 Å². The van der Waals surface area contributed by atoms with Gasteiger partial charge in [-0.15, -0.1) is 0 Å². The van der Waals surface area contributed by atoms with Crippen molar-refractivity contribution in [1.82, 2.24) is 14.1 Å². The van der Waals surface area contributed by atoms with Crippen molar-refractivity contribution in [3.63, 3.8) is 0 Å². The van der Waals surface area contributed by atoms with Crippen LogP contribution in [0.15, 0.2) is 56.5 Å². The van der Waals surface area contributed by atoms with Gasteiger partial charge in [0.05, 0.1) is 19.6 Å². The standard InChI is InChI=1S/C25H25ClN4O5/c1-14(22(31)34-4)12-30-24(32)28-23(29(25(30)33)13-17-5-7-18(26)8-6-17)27-19-9-10-21-20(11-19)15(2)16(3)35-21/h5-11,14H,12-13H2,1-4H3,(H,27,28,32)/t14-/m0/s1. The summed E-state index contributed by atoms with van der Waals surface area (Å²) in [6, 6.07) is 12.5. The maximum absolute atomic E-state index is 13.4. The molecule has 1 atom stereocenters. The van der Waals surface area contributed by atoms with E-state index in [2.05, 4.69) is 10.3 Å². The molecule has 0 bridgehead atoms. The first-order valence-electron chi connectivity index (χ1n) is 11.0. The van der Waals surface area contributed by atoms with E-state index >= 15 is 0 Å². The van der Waals surface area contributed by atoms with Crippen molar-refractivity contribution in [2.75, 3.05) is 12.4 Å². The number of benzene rings is 2. The zero-order valence-electron chi connectivity index (χ0n) is 19.8. The molecule has 0 saturated heterocycles. The molecule has 0 fully saturated rings. The number of carbonyl (C=O) groups excluding carboxylic acids is 1. The number of fused-ring (bicyclic) bond motifs is 1. The van der Waals surface area contributed by atoms with Gasteiger partial charge < -0.3 is 14.5 Å². The number of rotatable bonds is 7. The fraction of sp³-hybridized carbons (Fsp3) is 0.280. The number of furan rings is 1. The summed E-state index contributed by atoms with van der Waals surface area (Å²) in [6.07, 6.45) is 0. The van der Waals surface area contributed by atoms with E-state index in [0.29, 0.717) is 10.7 Å². The van der Waals surface area contributed by atoms with E-state index in [1.165, 1.54) is 11.7 Å². The van der Waals surface area contributed by atoms with Crippen molar-refractivity contribution in [1.29, 1.82) is 0 Å². The third-order valence-corrected chi connectivity index (χ3v) is 6.15. The van der Waals surface area contributed by atoms with Crippen LogP contribution in [0.3, 0.4) is 0 Å². The molecule has 0 saturated carbocycles. The highest BCUT2D eigenvalue weighted by Gasteiger charge is 2.20. The molecule has 4 aromatic rings. The number of hydrogen-bond donors (Lipinski definition) is 1. The van der Waals surface area contributed by atoms with Gasteiger partial charge in [0.15, 0.2) is 0 Å². The highest BCUT2D eigenvalue weighted by atomic mass is 35.5. The quantitative estimate of drug-likeness (QED) is 0.385. The molecule has 0 aliphatic carbocycles. The molecule has 4 rings (SSSR count). The average molecular weight is 497 g/mol. The number of aryl methyl sites for hydroxylation is 2. The first-order chi connectivity index (χ1) is 16.7. The van der Waals surface area contributed by atoms with E-state index in [9.17, 15) is 14.4 Å². The van der Waals surface area contributed by atoms with Crippen molar-refractivity contribution in [3.05, 3.63) is 85.3 Å². The number of esters is 1. The van der Waals surface area contributed by atoms with Crippen molar-refractivity contribution in [2.24, 2.45) is 5.92 Å². The Hall–Kier alpha value is -3.85. The van der Waals surface area contributed by atoms with Crippen LogP contribution >= 0.6 is 11.6 Å². The lowest BCUT2D eigenvalue weighted by Gasteiger charge is -2.17. The Labute approximate surface area is 205 Å². The molecule has 1 N–H and O–H groups in total. The summed E-state index contributed by atoms with van der Waals surface area (Å²) >= 11 is 6.00. The number of halogens is 1. The van der Waals surface area contributed by atoms with Crippen LogP contribution in [0.25, 0.3) is 11.0 Å². The molecule has 0 aliphatic heterocycles. The molecular formula is C25H25ClN4O5. The van der Waals surface area contributed by atoms with Crippen LogP contribution in [-0.2, 0) is 22.6 Å². The number of methoxy groups -OCH3 is 1. The van der Waals surface area contributed by atoms with Crippen LogP contribution in [0.4, 0.5) is 11.6 Å². The molecule has 9 nitrogen and oxygen atoms in total. The third kappa shape index (κ3) is 5.00. The molecule has 0 unspecified atom stereocenters. The largest absolute Gasteiger partial charge is 0.469 e. The lowest BCUT2D eigenvalue weighted by Crippen LogP contribution is -2.44. The van der Waals surface area contributed by atoms with E-state index in [4.69, 9.17) is 20.8 Å². The number of nitrogens with zero attached hydrogens (tertiary/aromatic N) is 3. The second-order valence-corrected chi connectivity index (χ2v) is 8.80. The molecule has 182 valence electrons. The summed E-state index contributed by atoms with van der Waals surface area (Å²) in [5.41, 5.74) is 1.79. The minimum Gasteiger partial charge on any atom is -0.469 e. The summed E-state index contributed by atoms with van der Waals surface area (Å²) in [5.74, 6) is -0.335. The fourth-order valence-electron chi connectivity index (χ4n) is 3.80. The normalized spacial score (nSPS) is 12.0. The van der Waals surface area contributed by atoms with Crippen LogP contribution < -0.4 is 16.7 Å². The van der Waals surface area contributed by atoms with Crippen LogP contribution in [0.5, 0.6) is 0 Å². The number of carbonyl (C=O) groups is 1. The second kappa shape index (κ2) is 9.79. The van der Waals surface area contributed by atoms with E-state index in [1.807, 2.05) is 26.0 Å². The molecule has 0 radical (unpaired) electrons. The van der Waals surface area contributed by atoms with Gasteiger partial charge in [-0.2, -0.15) is 4.98 Å². The van der Waals surface area contributed by atoms with Crippen LogP contribution in [-0.4, -0.2) is 27.2 Å². The number of ether oxygens (including phenoxy) is 1. The Balaban J connectivity index is 1.79. The van der Waals surface area contributed by atoms with Crippen molar-refractivity contribution < 1.29 is 13.9 Å². The molecule has 35 heavy (non-hydrogen) atoms. The first kappa shape index (κ1) is 24.3. The van der Waals surface area contributed by atoms with E-state index in [1.54, 1.807) is 37.3 Å². The second-order valence-electron chi connectivity index (χ2n) is 8.37. The predicted octanol–water partition coefficient (Wildman–Crippen LogP) is 4.02. The van der Waals surface area contributed by atoms with E-state index in [-0.39, 0.29) is 19.0 Å². The average Bonchev–Trinajstić information content (AvgIpc) is 3.12. The van der Waals surface area contributed by atoms with Gasteiger partial charge in [-0.25, -0.2) is 14.2 Å². The molecule has 2 aromatic heterocycles. The van der Waals surface area contributed by atoms with Gasteiger partial charge in [-0.3, -0.25) is 9.36 Å². The maximum Gasteiger partial charge on any atom is 0.354 e. The smallest absolute Gasteiger partial charge is 0.354 e. The predicted molar refractivity (Wildman–Crippen MR) is 133 cm³/mol. The molecular weight excluding hydrogens is 472 g/mol. The van der Waals surface area contributed by atoms with Gasteiger partial charge in [0.1, 0.15) is 11.3 Å². The Morgan fingerprint density at radius 2 is 1.86 bits per heavy atom. The van der Waals surface area contributed by atoms with Crippen LogP contribution in [0.1, 0.15) is 23.8 Å². The van der Waals surface area contributed by atoms with Crippen molar-refractivity contribution >= 4 is 40.2 Å². The monoisotopic (exact) mass is 496 g/mol. The summed E-state index contributed by atoms with van der Waals surface area (Å²) in [4.78, 5) is 42.3. The Morgan fingerprint density at radius 1 is 1.14 bits per heavy atom.